The van der Waals surface area contributed by atoms with E-state index in [4.69, 9.17) is 4.74 Å². The van der Waals surface area contributed by atoms with Crippen molar-refractivity contribution in [3.05, 3.63) is 35.9 Å². The van der Waals surface area contributed by atoms with E-state index in [1.54, 1.807) is 0 Å². The van der Waals surface area contributed by atoms with E-state index in [0.29, 0.717) is 17.9 Å². The van der Waals surface area contributed by atoms with E-state index in [-0.39, 0.29) is 17.1 Å². The highest BCUT2D eigenvalue weighted by Gasteiger charge is 2.54. The Bertz CT molecular complexity index is 533. The molecule has 5 atom stereocenters. The summed E-state index contributed by atoms with van der Waals surface area (Å²) in [6.45, 7) is 8.90. The number of fused-ring (bicyclic) bond motifs is 1. The smallest absolute Gasteiger partial charge is 0.0638 e. The van der Waals surface area contributed by atoms with Crippen molar-refractivity contribution in [2.75, 3.05) is 0 Å². The molecule has 0 aromatic heterocycles. The van der Waals surface area contributed by atoms with Crippen molar-refractivity contribution in [2.24, 2.45) is 17.3 Å². The number of hydrogen-bond donors (Lipinski definition) is 1. The second-order valence-corrected chi connectivity index (χ2v) is 9.20. The highest BCUT2D eigenvalue weighted by molar-refractivity contribution is 5.15. The number of rotatable bonds is 4. The van der Waals surface area contributed by atoms with E-state index in [9.17, 15) is 5.11 Å². The average Bonchev–Trinajstić information content (AvgIpc) is 2.83. The zero-order chi connectivity index (χ0) is 17.4. The van der Waals surface area contributed by atoms with Crippen LogP contribution in [0.15, 0.2) is 30.3 Å². The molecular formula is C22H34O2. The van der Waals surface area contributed by atoms with Gasteiger partial charge in [-0.2, -0.15) is 0 Å². The first kappa shape index (κ1) is 17.9. The van der Waals surface area contributed by atoms with Crippen LogP contribution in [0.25, 0.3) is 0 Å². The molecule has 0 aliphatic heterocycles. The van der Waals surface area contributed by atoms with Gasteiger partial charge >= 0.3 is 0 Å². The molecule has 0 radical (unpaired) electrons. The number of hydrogen-bond acceptors (Lipinski definition) is 2. The molecule has 1 aromatic carbocycles. The van der Waals surface area contributed by atoms with Crippen molar-refractivity contribution in [1.29, 1.82) is 0 Å². The molecule has 0 amide bonds. The van der Waals surface area contributed by atoms with Crippen LogP contribution >= 0.6 is 0 Å². The van der Waals surface area contributed by atoms with Crippen LogP contribution in [-0.4, -0.2) is 22.9 Å². The third-order valence-corrected chi connectivity index (χ3v) is 6.42. The molecule has 2 saturated carbocycles. The van der Waals surface area contributed by atoms with E-state index in [1.807, 2.05) is 0 Å². The SMILES string of the molecule is CC(C)(C)O[C@H]1CC[C@H]2C(CCc3ccccc3)C(O)CC[C@]12C. The quantitative estimate of drug-likeness (QED) is 0.842. The first-order valence-electron chi connectivity index (χ1n) is 9.69. The number of aliphatic hydroxyl groups excluding tert-OH is 1. The number of aryl methyl sites for hydroxylation is 1. The van der Waals surface area contributed by atoms with E-state index >= 15 is 0 Å². The van der Waals surface area contributed by atoms with E-state index < -0.39 is 0 Å². The lowest BCUT2D eigenvalue weighted by molar-refractivity contribution is -0.136. The first-order chi connectivity index (χ1) is 11.3. The van der Waals surface area contributed by atoms with Gasteiger partial charge in [0.2, 0.25) is 0 Å². The van der Waals surface area contributed by atoms with Gasteiger partial charge in [-0.3, -0.25) is 0 Å². The topological polar surface area (TPSA) is 29.5 Å². The Hall–Kier alpha value is -0.860. The van der Waals surface area contributed by atoms with Crippen LogP contribution < -0.4 is 0 Å². The molecule has 2 nitrogen and oxygen atoms in total. The van der Waals surface area contributed by atoms with Crippen molar-refractivity contribution in [1.82, 2.24) is 0 Å². The van der Waals surface area contributed by atoms with Gasteiger partial charge in [0.1, 0.15) is 0 Å². The standard InChI is InChI=1S/C22H34O2/c1-21(2,3)24-20-13-12-18-17(19(23)14-15-22(18,20)4)11-10-16-8-6-5-7-9-16/h5-9,17-20,23H,10-15H2,1-4H3/t17?,18-,19?,20-,22-/m0/s1. The zero-order valence-corrected chi connectivity index (χ0v) is 15.8. The Morgan fingerprint density at radius 1 is 1.12 bits per heavy atom. The fourth-order valence-corrected chi connectivity index (χ4v) is 5.21. The maximum atomic E-state index is 10.7. The van der Waals surface area contributed by atoms with Crippen LogP contribution in [0, 0.1) is 17.3 Å². The number of benzene rings is 1. The Balaban J connectivity index is 1.71. The summed E-state index contributed by atoms with van der Waals surface area (Å²) in [6.07, 6.45) is 6.74. The minimum absolute atomic E-state index is 0.0852. The summed E-state index contributed by atoms with van der Waals surface area (Å²) in [5, 5.41) is 10.7. The first-order valence-corrected chi connectivity index (χ1v) is 9.69. The lowest BCUT2D eigenvalue weighted by atomic mass is 9.61. The van der Waals surface area contributed by atoms with Gasteiger partial charge in [0.15, 0.2) is 0 Å². The zero-order valence-electron chi connectivity index (χ0n) is 15.8. The Kier molecular flexibility index (Phi) is 5.09. The fraction of sp³-hybridized carbons (Fsp3) is 0.727. The van der Waals surface area contributed by atoms with Gasteiger partial charge in [0.05, 0.1) is 17.8 Å². The van der Waals surface area contributed by atoms with Gasteiger partial charge in [-0.1, -0.05) is 37.3 Å². The molecule has 0 bridgehead atoms. The molecule has 0 spiro atoms. The van der Waals surface area contributed by atoms with Crippen LogP contribution in [0.4, 0.5) is 0 Å². The monoisotopic (exact) mass is 330 g/mol. The molecule has 2 unspecified atom stereocenters. The number of aliphatic hydroxyl groups is 1. The molecule has 3 rings (SSSR count). The lowest BCUT2D eigenvalue weighted by Gasteiger charge is -2.48. The summed E-state index contributed by atoms with van der Waals surface area (Å²) >= 11 is 0. The van der Waals surface area contributed by atoms with Crippen molar-refractivity contribution in [3.8, 4) is 0 Å². The molecule has 24 heavy (non-hydrogen) atoms. The Labute approximate surface area is 147 Å². The normalized spacial score (nSPS) is 36.5. The van der Waals surface area contributed by atoms with Crippen molar-refractivity contribution >= 4 is 0 Å². The predicted molar refractivity (Wildman–Crippen MR) is 99.0 cm³/mol. The third-order valence-electron chi connectivity index (χ3n) is 6.42. The lowest BCUT2D eigenvalue weighted by Crippen LogP contribution is -2.47. The Morgan fingerprint density at radius 2 is 1.83 bits per heavy atom. The summed E-state index contributed by atoms with van der Waals surface area (Å²) in [6, 6.07) is 10.7. The highest BCUT2D eigenvalue weighted by atomic mass is 16.5. The fourth-order valence-electron chi connectivity index (χ4n) is 5.21. The van der Waals surface area contributed by atoms with E-state index in [1.165, 1.54) is 12.0 Å². The van der Waals surface area contributed by atoms with Crippen molar-refractivity contribution in [2.45, 2.75) is 84.0 Å². The number of ether oxygens (including phenoxy) is 1. The van der Waals surface area contributed by atoms with E-state index in [0.717, 1.165) is 32.1 Å². The molecule has 2 aliphatic carbocycles. The largest absolute Gasteiger partial charge is 0.393 e. The van der Waals surface area contributed by atoms with Crippen molar-refractivity contribution in [3.63, 3.8) is 0 Å². The van der Waals surface area contributed by atoms with Gasteiger partial charge in [-0.25, -0.2) is 0 Å². The van der Waals surface area contributed by atoms with Crippen LogP contribution in [-0.2, 0) is 11.2 Å². The molecule has 0 heterocycles. The summed E-state index contributed by atoms with van der Waals surface area (Å²) < 4.78 is 6.44. The molecular weight excluding hydrogens is 296 g/mol. The second kappa shape index (κ2) is 6.80. The second-order valence-electron chi connectivity index (χ2n) is 9.20. The minimum Gasteiger partial charge on any atom is -0.393 e. The summed E-state index contributed by atoms with van der Waals surface area (Å²) in [5.74, 6) is 1.01. The van der Waals surface area contributed by atoms with Crippen molar-refractivity contribution < 1.29 is 9.84 Å². The maximum absolute atomic E-state index is 10.7. The molecule has 2 heteroatoms. The van der Waals surface area contributed by atoms with Gasteiger partial charge in [0, 0.05) is 0 Å². The molecule has 0 saturated heterocycles. The molecule has 134 valence electrons. The summed E-state index contributed by atoms with van der Waals surface area (Å²) in [4.78, 5) is 0. The Morgan fingerprint density at radius 3 is 2.50 bits per heavy atom. The van der Waals surface area contributed by atoms with Crippen LogP contribution in [0.1, 0.15) is 65.4 Å². The highest BCUT2D eigenvalue weighted by Crippen LogP contribution is 2.57. The van der Waals surface area contributed by atoms with Gasteiger partial charge < -0.3 is 9.84 Å². The average molecular weight is 331 g/mol. The maximum Gasteiger partial charge on any atom is 0.0638 e. The molecule has 2 aliphatic rings. The minimum atomic E-state index is -0.139. The summed E-state index contributed by atoms with van der Waals surface area (Å²) in [7, 11) is 0. The summed E-state index contributed by atoms with van der Waals surface area (Å²) in [5.41, 5.74) is 1.53. The van der Waals surface area contributed by atoms with Gasteiger partial charge in [0.25, 0.3) is 0 Å². The molecule has 2 fully saturated rings. The molecule has 1 aromatic rings. The van der Waals surface area contributed by atoms with Gasteiger partial charge in [-0.15, -0.1) is 0 Å². The van der Waals surface area contributed by atoms with Crippen LogP contribution in [0.3, 0.4) is 0 Å². The van der Waals surface area contributed by atoms with Gasteiger partial charge in [-0.05, 0) is 82.1 Å². The predicted octanol–water partition coefficient (Wildman–Crippen LogP) is 4.99. The van der Waals surface area contributed by atoms with E-state index in [2.05, 4.69) is 58.0 Å². The van der Waals surface area contributed by atoms with Crippen LogP contribution in [0.5, 0.6) is 0 Å². The molecule has 1 N–H and O–H groups in total. The van der Waals surface area contributed by atoms with Crippen LogP contribution in [0.2, 0.25) is 0 Å². The third kappa shape index (κ3) is 3.70.